The number of anilines is 1. The molecule has 0 aromatic heterocycles. The molecule has 2 rings (SSSR count). The van der Waals surface area contributed by atoms with E-state index < -0.39 is 11.7 Å². The molecule has 0 saturated heterocycles. The number of benzene rings is 2. The lowest BCUT2D eigenvalue weighted by Crippen LogP contribution is -2.05. The minimum Gasteiger partial charge on any atom is -0.359 e. The fourth-order valence-corrected chi connectivity index (χ4v) is 1.89. The van der Waals surface area contributed by atoms with Crippen molar-refractivity contribution < 1.29 is 18.0 Å². The Kier molecular flexibility index (Phi) is 4.65. The Morgan fingerprint density at radius 1 is 1.00 bits per heavy atom. The van der Waals surface area contributed by atoms with Gasteiger partial charge in [0.05, 0.1) is 5.56 Å². The Bertz CT molecular complexity index is 673. The summed E-state index contributed by atoms with van der Waals surface area (Å²) in [4.78, 5) is 12.0. The van der Waals surface area contributed by atoms with Gasteiger partial charge in [-0.1, -0.05) is 30.3 Å². The van der Waals surface area contributed by atoms with Crippen molar-refractivity contribution in [3.05, 3.63) is 77.5 Å². The lowest BCUT2D eigenvalue weighted by molar-refractivity contribution is -0.137. The molecule has 0 spiro atoms. The summed E-state index contributed by atoms with van der Waals surface area (Å²) in [6.07, 6.45) is -2.94. The first-order chi connectivity index (χ1) is 10.4. The third kappa shape index (κ3) is 4.22. The lowest BCUT2D eigenvalue weighted by Gasteiger charge is -2.09. The molecule has 0 aliphatic carbocycles. The topological polar surface area (TPSA) is 29.1 Å². The van der Waals surface area contributed by atoms with E-state index in [1.165, 1.54) is 18.2 Å². The molecule has 114 valence electrons. The maximum absolute atomic E-state index is 12.5. The summed E-state index contributed by atoms with van der Waals surface area (Å²) in [6, 6.07) is 13.4. The SMILES string of the molecule is C/C(=C/C(=O)c1ccccc1)Nc1ccc(C(F)(F)F)cc1. The highest BCUT2D eigenvalue weighted by Crippen LogP contribution is 2.29. The molecule has 2 aromatic rings. The van der Waals surface area contributed by atoms with Crippen molar-refractivity contribution in [2.75, 3.05) is 5.32 Å². The van der Waals surface area contributed by atoms with E-state index in [4.69, 9.17) is 0 Å². The van der Waals surface area contributed by atoms with Crippen molar-refractivity contribution in [1.29, 1.82) is 0 Å². The molecular weight excluding hydrogens is 291 g/mol. The van der Waals surface area contributed by atoms with E-state index >= 15 is 0 Å². The van der Waals surface area contributed by atoms with Crippen molar-refractivity contribution in [3.8, 4) is 0 Å². The average Bonchev–Trinajstić information content (AvgIpc) is 2.47. The molecule has 1 N–H and O–H groups in total. The number of hydrogen-bond donors (Lipinski definition) is 1. The van der Waals surface area contributed by atoms with Crippen LogP contribution in [0.15, 0.2) is 66.4 Å². The second kappa shape index (κ2) is 6.47. The maximum atomic E-state index is 12.5. The predicted molar refractivity (Wildman–Crippen MR) is 79.6 cm³/mol. The molecule has 0 heterocycles. The van der Waals surface area contributed by atoms with Crippen LogP contribution in [0.1, 0.15) is 22.8 Å². The van der Waals surface area contributed by atoms with E-state index in [2.05, 4.69) is 5.32 Å². The molecule has 0 aliphatic rings. The van der Waals surface area contributed by atoms with Gasteiger partial charge in [-0.15, -0.1) is 0 Å². The van der Waals surface area contributed by atoms with Crippen LogP contribution in [0.4, 0.5) is 18.9 Å². The van der Waals surface area contributed by atoms with Crippen LogP contribution in [0.2, 0.25) is 0 Å². The number of allylic oxidation sites excluding steroid dienone is 2. The Morgan fingerprint density at radius 2 is 1.59 bits per heavy atom. The molecule has 0 radical (unpaired) electrons. The average molecular weight is 305 g/mol. The molecule has 5 heteroatoms. The molecule has 0 fully saturated rings. The second-order valence-corrected chi connectivity index (χ2v) is 4.76. The van der Waals surface area contributed by atoms with Crippen LogP contribution >= 0.6 is 0 Å². The molecule has 0 atom stereocenters. The second-order valence-electron chi connectivity index (χ2n) is 4.76. The molecular formula is C17H14F3NO. The van der Waals surface area contributed by atoms with Crippen LogP contribution < -0.4 is 5.32 Å². The van der Waals surface area contributed by atoms with Gasteiger partial charge in [-0.25, -0.2) is 0 Å². The number of nitrogens with one attached hydrogen (secondary N) is 1. The summed E-state index contributed by atoms with van der Waals surface area (Å²) in [6.45, 7) is 1.68. The smallest absolute Gasteiger partial charge is 0.359 e. The predicted octanol–water partition coefficient (Wildman–Crippen LogP) is 4.90. The van der Waals surface area contributed by atoms with Crippen LogP contribution in [0.3, 0.4) is 0 Å². The van der Waals surface area contributed by atoms with Crippen molar-refractivity contribution >= 4 is 11.5 Å². The Morgan fingerprint density at radius 3 is 2.14 bits per heavy atom. The molecule has 2 aromatic carbocycles. The van der Waals surface area contributed by atoms with Gasteiger partial charge in [0.15, 0.2) is 5.78 Å². The number of rotatable bonds is 4. The van der Waals surface area contributed by atoms with Crippen LogP contribution in [0.5, 0.6) is 0 Å². The molecule has 0 saturated carbocycles. The van der Waals surface area contributed by atoms with Crippen LogP contribution in [0.25, 0.3) is 0 Å². The molecule has 0 amide bonds. The number of carbonyl (C=O) groups excluding carboxylic acids is 1. The fraction of sp³-hybridized carbons (Fsp3) is 0.118. The zero-order chi connectivity index (χ0) is 16.2. The van der Waals surface area contributed by atoms with Gasteiger partial charge in [-0.2, -0.15) is 13.2 Å². The van der Waals surface area contributed by atoms with Gasteiger partial charge in [0, 0.05) is 23.0 Å². The molecule has 0 bridgehead atoms. The summed E-state index contributed by atoms with van der Waals surface area (Å²) in [7, 11) is 0. The van der Waals surface area contributed by atoms with E-state index in [0.717, 1.165) is 12.1 Å². The Hall–Kier alpha value is -2.56. The highest BCUT2D eigenvalue weighted by molar-refractivity contribution is 6.05. The third-order valence-electron chi connectivity index (χ3n) is 2.96. The van der Waals surface area contributed by atoms with Gasteiger partial charge >= 0.3 is 6.18 Å². The first-order valence-electron chi connectivity index (χ1n) is 6.58. The largest absolute Gasteiger partial charge is 0.416 e. The monoisotopic (exact) mass is 305 g/mol. The number of hydrogen-bond acceptors (Lipinski definition) is 2. The Labute approximate surface area is 126 Å². The molecule has 0 unspecified atom stereocenters. The summed E-state index contributed by atoms with van der Waals surface area (Å²) in [5.41, 5.74) is 0.882. The van der Waals surface area contributed by atoms with Gasteiger partial charge in [-0.05, 0) is 31.2 Å². The normalized spacial score (nSPS) is 12.1. The number of alkyl halides is 3. The zero-order valence-electron chi connectivity index (χ0n) is 11.8. The number of halogens is 3. The van der Waals surface area contributed by atoms with Gasteiger partial charge < -0.3 is 5.32 Å². The van der Waals surface area contributed by atoms with E-state index in [-0.39, 0.29) is 5.78 Å². The quantitative estimate of drug-likeness (QED) is 0.642. The van der Waals surface area contributed by atoms with E-state index in [1.807, 2.05) is 6.07 Å². The number of ketones is 1. The minimum atomic E-state index is -4.35. The highest BCUT2D eigenvalue weighted by atomic mass is 19.4. The summed E-state index contributed by atoms with van der Waals surface area (Å²) < 4.78 is 37.4. The lowest BCUT2D eigenvalue weighted by atomic mass is 10.1. The molecule has 0 aliphatic heterocycles. The summed E-state index contributed by atoms with van der Waals surface area (Å²) >= 11 is 0. The standard InChI is InChI=1S/C17H14F3NO/c1-12(11-16(22)13-5-3-2-4-6-13)21-15-9-7-14(8-10-15)17(18,19)20/h2-11,21H,1H3/b12-11-. The molecule has 2 nitrogen and oxygen atoms in total. The Balaban J connectivity index is 2.07. The van der Waals surface area contributed by atoms with Crippen molar-refractivity contribution in [2.45, 2.75) is 13.1 Å². The summed E-state index contributed by atoms with van der Waals surface area (Å²) in [5, 5.41) is 2.89. The molecule has 22 heavy (non-hydrogen) atoms. The minimum absolute atomic E-state index is 0.169. The van der Waals surface area contributed by atoms with Crippen molar-refractivity contribution in [3.63, 3.8) is 0 Å². The van der Waals surface area contributed by atoms with Gasteiger partial charge in [-0.3, -0.25) is 4.79 Å². The van der Waals surface area contributed by atoms with E-state index in [1.54, 1.807) is 31.2 Å². The van der Waals surface area contributed by atoms with Crippen LogP contribution in [-0.2, 0) is 6.18 Å². The van der Waals surface area contributed by atoms with Crippen LogP contribution in [-0.4, -0.2) is 5.78 Å². The van der Waals surface area contributed by atoms with E-state index in [9.17, 15) is 18.0 Å². The first-order valence-corrected chi connectivity index (χ1v) is 6.58. The number of carbonyl (C=O) groups is 1. The summed E-state index contributed by atoms with van der Waals surface area (Å²) in [5.74, 6) is -0.169. The fourth-order valence-electron chi connectivity index (χ4n) is 1.89. The van der Waals surface area contributed by atoms with Crippen LogP contribution in [0, 0.1) is 0 Å². The van der Waals surface area contributed by atoms with E-state index in [0.29, 0.717) is 16.9 Å². The van der Waals surface area contributed by atoms with Gasteiger partial charge in [0.1, 0.15) is 0 Å². The van der Waals surface area contributed by atoms with Crippen molar-refractivity contribution in [1.82, 2.24) is 0 Å². The first kappa shape index (κ1) is 15.8. The van der Waals surface area contributed by atoms with Gasteiger partial charge in [0.25, 0.3) is 0 Å². The maximum Gasteiger partial charge on any atom is 0.416 e. The highest BCUT2D eigenvalue weighted by Gasteiger charge is 2.29. The van der Waals surface area contributed by atoms with Gasteiger partial charge in [0.2, 0.25) is 0 Å². The third-order valence-corrected chi connectivity index (χ3v) is 2.96. The van der Waals surface area contributed by atoms with Crippen molar-refractivity contribution in [2.24, 2.45) is 0 Å². The zero-order valence-corrected chi connectivity index (χ0v) is 11.8.